The SMILES string of the molecule is Cc1cc([C@@H]2CCCCN2Cc2ccc3cccc(Cl)c3n2)no1. The first kappa shape index (κ1) is 15.6. The normalized spacial score (nSPS) is 19.0. The standard InChI is InChI=1S/C19H20ClN3O/c1-13-11-17(22-24-13)18-7-2-3-10-23(18)12-15-9-8-14-5-4-6-16(20)19(14)21-15/h4-6,8-9,11,18H,2-3,7,10,12H2,1H3/t18-/m0/s1. The maximum absolute atomic E-state index is 6.30. The largest absolute Gasteiger partial charge is 0.361 e. The molecule has 1 aromatic carbocycles. The molecule has 24 heavy (non-hydrogen) atoms. The van der Waals surface area contributed by atoms with Crippen molar-refractivity contribution in [1.29, 1.82) is 0 Å². The molecule has 3 heterocycles. The number of nitrogens with zero attached hydrogens (tertiary/aromatic N) is 3. The van der Waals surface area contributed by atoms with Crippen molar-refractivity contribution in [3.63, 3.8) is 0 Å². The van der Waals surface area contributed by atoms with E-state index in [0.29, 0.717) is 11.1 Å². The van der Waals surface area contributed by atoms with Gasteiger partial charge in [0.25, 0.3) is 0 Å². The quantitative estimate of drug-likeness (QED) is 0.678. The van der Waals surface area contributed by atoms with Gasteiger partial charge in [0, 0.05) is 18.0 Å². The third kappa shape index (κ3) is 3.04. The van der Waals surface area contributed by atoms with Crippen LogP contribution in [0.15, 0.2) is 40.9 Å². The van der Waals surface area contributed by atoms with Crippen molar-refractivity contribution >= 4 is 22.5 Å². The molecular formula is C19H20ClN3O. The van der Waals surface area contributed by atoms with Gasteiger partial charge >= 0.3 is 0 Å². The molecule has 2 aromatic heterocycles. The van der Waals surface area contributed by atoms with Gasteiger partial charge in [-0.15, -0.1) is 0 Å². The van der Waals surface area contributed by atoms with Crippen LogP contribution >= 0.6 is 11.6 Å². The summed E-state index contributed by atoms with van der Waals surface area (Å²) in [5.41, 5.74) is 2.95. The number of para-hydroxylation sites is 1. The van der Waals surface area contributed by atoms with Crippen molar-refractivity contribution in [3.8, 4) is 0 Å². The minimum atomic E-state index is 0.306. The Morgan fingerprint density at radius 1 is 1.25 bits per heavy atom. The van der Waals surface area contributed by atoms with Crippen molar-refractivity contribution < 1.29 is 4.52 Å². The van der Waals surface area contributed by atoms with Crippen molar-refractivity contribution in [3.05, 3.63) is 58.6 Å². The van der Waals surface area contributed by atoms with Gasteiger partial charge in [-0.2, -0.15) is 0 Å². The number of piperidine rings is 1. The van der Waals surface area contributed by atoms with E-state index in [0.717, 1.165) is 47.6 Å². The number of rotatable bonds is 3. The molecule has 124 valence electrons. The lowest BCUT2D eigenvalue weighted by Gasteiger charge is -2.34. The Hall–Kier alpha value is -1.91. The molecule has 0 unspecified atom stereocenters. The molecule has 1 aliphatic rings. The fourth-order valence-corrected chi connectivity index (χ4v) is 3.73. The van der Waals surface area contributed by atoms with E-state index in [4.69, 9.17) is 21.1 Å². The predicted molar refractivity (Wildman–Crippen MR) is 95.0 cm³/mol. The third-order valence-electron chi connectivity index (χ3n) is 4.70. The summed E-state index contributed by atoms with van der Waals surface area (Å²) in [6, 6.07) is 12.4. The highest BCUT2D eigenvalue weighted by Crippen LogP contribution is 2.32. The topological polar surface area (TPSA) is 42.2 Å². The van der Waals surface area contributed by atoms with E-state index in [1.807, 2.05) is 31.2 Å². The number of fused-ring (bicyclic) bond motifs is 1. The number of aromatic nitrogens is 2. The lowest BCUT2D eigenvalue weighted by atomic mass is 9.99. The van der Waals surface area contributed by atoms with Crippen LogP contribution in [-0.4, -0.2) is 21.6 Å². The summed E-state index contributed by atoms with van der Waals surface area (Å²) in [5, 5.41) is 6.02. The van der Waals surface area contributed by atoms with Gasteiger partial charge in [0.2, 0.25) is 0 Å². The van der Waals surface area contributed by atoms with Crippen LogP contribution in [0, 0.1) is 6.92 Å². The zero-order valence-electron chi connectivity index (χ0n) is 13.7. The second kappa shape index (κ2) is 6.54. The van der Waals surface area contributed by atoms with E-state index < -0.39 is 0 Å². The summed E-state index contributed by atoms with van der Waals surface area (Å²) >= 11 is 6.30. The average Bonchev–Trinajstić information content (AvgIpc) is 3.02. The first-order chi connectivity index (χ1) is 11.7. The summed E-state index contributed by atoms with van der Waals surface area (Å²) in [6.45, 7) is 3.80. The van der Waals surface area contributed by atoms with E-state index in [1.54, 1.807) is 0 Å². The van der Waals surface area contributed by atoms with Gasteiger partial charge in [-0.3, -0.25) is 4.90 Å². The van der Waals surface area contributed by atoms with E-state index in [9.17, 15) is 0 Å². The van der Waals surface area contributed by atoms with Crippen LogP contribution in [0.4, 0.5) is 0 Å². The van der Waals surface area contributed by atoms with E-state index in [-0.39, 0.29) is 0 Å². The van der Waals surface area contributed by atoms with E-state index >= 15 is 0 Å². The molecule has 1 aliphatic heterocycles. The number of likely N-dealkylation sites (tertiary alicyclic amines) is 1. The van der Waals surface area contributed by atoms with Crippen LogP contribution in [0.5, 0.6) is 0 Å². The van der Waals surface area contributed by atoms with Gasteiger partial charge in [-0.1, -0.05) is 41.4 Å². The Labute approximate surface area is 146 Å². The Morgan fingerprint density at radius 2 is 2.17 bits per heavy atom. The molecule has 3 aromatic rings. The molecule has 5 heteroatoms. The second-order valence-corrected chi connectivity index (χ2v) is 6.87. The smallest absolute Gasteiger partial charge is 0.133 e. The first-order valence-electron chi connectivity index (χ1n) is 8.42. The maximum atomic E-state index is 6.30. The molecule has 1 fully saturated rings. The molecule has 0 saturated carbocycles. The number of hydrogen-bond acceptors (Lipinski definition) is 4. The maximum Gasteiger partial charge on any atom is 0.133 e. The number of halogens is 1. The van der Waals surface area contributed by atoms with Crippen LogP contribution in [0.25, 0.3) is 10.9 Å². The van der Waals surface area contributed by atoms with Gasteiger partial charge in [-0.05, 0) is 38.4 Å². The minimum Gasteiger partial charge on any atom is -0.361 e. The molecule has 0 amide bonds. The molecule has 0 bridgehead atoms. The van der Waals surface area contributed by atoms with Crippen LogP contribution < -0.4 is 0 Å². The highest BCUT2D eigenvalue weighted by Gasteiger charge is 2.26. The van der Waals surface area contributed by atoms with Crippen LogP contribution in [0.2, 0.25) is 5.02 Å². The fourth-order valence-electron chi connectivity index (χ4n) is 3.51. The summed E-state index contributed by atoms with van der Waals surface area (Å²) in [4.78, 5) is 7.23. The van der Waals surface area contributed by atoms with Gasteiger partial charge in [0.1, 0.15) is 11.5 Å². The lowest BCUT2D eigenvalue weighted by molar-refractivity contribution is 0.132. The monoisotopic (exact) mass is 341 g/mol. The second-order valence-electron chi connectivity index (χ2n) is 6.46. The van der Waals surface area contributed by atoms with Crippen molar-refractivity contribution in [2.45, 2.75) is 38.8 Å². The van der Waals surface area contributed by atoms with Gasteiger partial charge in [-0.25, -0.2) is 4.98 Å². The summed E-state index contributed by atoms with van der Waals surface area (Å²) in [5.74, 6) is 0.867. The lowest BCUT2D eigenvalue weighted by Crippen LogP contribution is -2.33. The highest BCUT2D eigenvalue weighted by molar-refractivity contribution is 6.35. The van der Waals surface area contributed by atoms with Gasteiger partial charge in [0.15, 0.2) is 0 Å². The molecular weight excluding hydrogens is 322 g/mol. The molecule has 1 atom stereocenters. The zero-order valence-corrected chi connectivity index (χ0v) is 14.5. The van der Waals surface area contributed by atoms with Crippen molar-refractivity contribution in [2.75, 3.05) is 6.54 Å². The average molecular weight is 342 g/mol. The summed E-state index contributed by atoms with van der Waals surface area (Å²) < 4.78 is 5.28. The molecule has 4 nitrogen and oxygen atoms in total. The summed E-state index contributed by atoms with van der Waals surface area (Å²) in [6.07, 6.45) is 3.55. The Balaban J connectivity index is 1.61. The highest BCUT2D eigenvalue weighted by atomic mass is 35.5. The van der Waals surface area contributed by atoms with Crippen LogP contribution in [0.1, 0.15) is 42.5 Å². The molecule has 0 radical (unpaired) electrons. The number of hydrogen-bond donors (Lipinski definition) is 0. The molecule has 4 rings (SSSR count). The molecule has 0 aliphatic carbocycles. The van der Waals surface area contributed by atoms with E-state index in [1.165, 1.54) is 12.8 Å². The zero-order chi connectivity index (χ0) is 16.5. The van der Waals surface area contributed by atoms with Crippen molar-refractivity contribution in [1.82, 2.24) is 15.0 Å². The Morgan fingerprint density at radius 3 is 3.00 bits per heavy atom. The van der Waals surface area contributed by atoms with E-state index in [2.05, 4.69) is 22.2 Å². The van der Waals surface area contributed by atoms with Crippen molar-refractivity contribution in [2.24, 2.45) is 0 Å². The molecule has 1 saturated heterocycles. The van der Waals surface area contributed by atoms with Gasteiger partial charge in [0.05, 0.1) is 22.3 Å². The third-order valence-corrected chi connectivity index (χ3v) is 5.00. The number of aryl methyl sites for hydroxylation is 1. The van der Waals surface area contributed by atoms with Gasteiger partial charge < -0.3 is 4.52 Å². The molecule has 0 spiro atoms. The molecule has 0 N–H and O–H groups in total. The Kier molecular flexibility index (Phi) is 4.25. The first-order valence-corrected chi connectivity index (χ1v) is 8.80. The predicted octanol–water partition coefficient (Wildman–Crippen LogP) is 4.91. The number of benzene rings is 1. The minimum absolute atomic E-state index is 0.306. The number of pyridine rings is 1. The van der Waals surface area contributed by atoms with Crippen LogP contribution in [0.3, 0.4) is 0 Å². The fraction of sp³-hybridized carbons (Fsp3) is 0.368. The Bertz CT molecular complexity index is 861. The van der Waals surface area contributed by atoms with Crippen LogP contribution in [-0.2, 0) is 6.54 Å². The summed E-state index contributed by atoms with van der Waals surface area (Å²) in [7, 11) is 0.